The molecule has 1 aromatic rings. The molecule has 0 aromatic carbocycles. The maximum atomic E-state index is 10.9. The zero-order valence-electron chi connectivity index (χ0n) is 9.34. The molecular formula is C10H17N3O2. The van der Waals surface area contributed by atoms with Gasteiger partial charge in [0.25, 0.3) is 0 Å². The standard InChI is InChI=1S/C10H17N3O2/c1-4-9(10(14)15)12(2)7-8-5-6-13(3)11-8/h5-6,9H,4,7H2,1-3H3,(H,14,15). The number of carbonyl (C=O) groups is 1. The van der Waals surface area contributed by atoms with Gasteiger partial charge in [-0.2, -0.15) is 5.10 Å². The second-order valence-corrected chi connectivity index (χ2v) is 3.66. The highest BCUT2D eigenvalue weighted by atomic mass is 16.4. The number of aryl methyl sites for hydroxylation is 1. The maximum absolute atomic E-state index is 10.9. The van der Waals surface area contributed by atoms with Crippen LogP contribution in [0.3, 0.4) is 0 Å². The lowest BCUT2D eigenvalue weighted by molar-refractivity contribution is -0.143. The zero-order chi connectivity index (χ0) is 11.4. The molecule has 0 bridgehead atoms. The lowest BCUT2D eigenvalue weighted by Crippen LogP contribution is -2.37. The van der Waals surface area contributed by atoms with E-state index in [1.54, 1.807) is 16.6 Å². The molecule has 0 radical (unpaired) electrons. The van der Waals surface area contributed by atoms with Crippen LogP contribution >= 0.6 is 0 Å². The molecule has 0 spiro atoms. The summed E-state index contributed by atoms with van der Waals surface area (Å²) in [7, 11) is 3.65. The Bertz CT molecular complexity index is 335. The Morgan fingerprint density at radius 1 is 1.73 bits per heavy atom. The Morgan fingerprint density at radius 2 is 2.40 bits per heavy atom. The lowest BCUT2D eigenvalue weighted by Gasteiger charge is -2.22. The van der Waals surface area contributed by atoms with Crippen LogP contribution in [0.4, 0.5) is 0 Å². The summed E-state index contributed by atoms with van der Waals surface area (Å²) in [4.78, 5) is 12.7. The van der Waals surface area contributed by atoms with Crippen LogP contribution < -0.4 is 0 Å². The molecule has 1 heterocycles. The van der Waals surface area contributed by atoms with Gasteiger partial charge in [0.15, 0.2) is 0 Å². The van der Waals surface area contributed by atoms with Gasteiger partial charge in [0, 0.05) is 19.8 Å². The van der Waals surface area contributed by atoms with E-state index in [0.29, 0.717) is 13.0 Å². The first kappa shape index (κ1) is 11.7. The number of likely N-dealkylation sites (N-methyl/N-ethyl adjacent to an activating group) is 1. The first-order chi connectivity index (χ1) is 7.04. The summed E-state index contributed by atoms with van der Waals surface area (Å²) in [5.74, 6) is -0.782. The molecule has 0 aliphatic carbocycles. The largest absolute Gasteiger partial charge is 0.480 e. The van der Waals surface area contributed by atoms with Gasteiger partial charge in [-0.3, -0.25) is 14.4 Å². The summed E-state index contributed by atoms with van der Waals surface area (Å²) in [5.41, 5.74) is 0.889. The summed E-state index contributed by atoms with van der Waals surface area (Å²) in [6.07, 6.45) is 2.45. The fourth-order valence-corrected chi connectivity index (χ4v) is 1.59. The summed E-state index contributed by atoms with van der Waals surface area (Å²) >= 11 is 0. The van der Waals surface area contributed by atoms with Gasteiger partial charge < -0.3 is 5.11 Å². The molecule has 0 aliphatic rings. The van der Waals surface area contributed by atoms with Crippen molar-refractivity contribution >= 4 is 5.97 Å². The molecule has 84 valence electrons. The summed E-state index contributed by atoms with van der Waals surface area (Å²) < 4.78 is 1.71. The highest BCUT2D eigenvalue weighted by Crippen LogP contribution is 2.07. The third-order valence-electron chi connectivity index (χ3n) is 2.38. The topological polar surface area (TPSA) is 58.4 Å². The monoisotopic (exact) mass is 211 g/mol. The number of hydrogen-bond donors (Lipinski definition) is 1. The highest BCUT2D eigenvalue weighted by molar-refractivity contribution is 5.73. The van der Waals surface area contributed by atoms with Crippen molar-refractivity contribution in [3.05, 3.63) is 18.0 Å². The SMILES string of the molecule is CCC(C(=O)O)N(C)Cc1ccn(C)n1. The fourth-order valence-electron chi connectivity index (χ4n) is 1.59. The molecule has 0 aliphatic heterocycles. The minimum absolute atomic E-state index is 0.438. The number of aromatic nitrogens is 2. The van der Waals surface area contributed by atoms with Gasteiger partial charge in [0.2, 0.25) is 0 Å². The van der Waals surface area contributed by atoms with Crippen molar-refractivity contribution in [2.45, 2.75) is 25.9 Å². The molecule has 0 amide bonds. The van der Waals surface area contributed by atoms with Crippen molar-refractivity contribution in [1.29, 1.82) is 0 Å². The van der Waals surface area contributed by atoms with Crippen molar-refractivity contribution < 1.29 is 9.90 Å². The van der Waals surface area contributed by atoms with Gasteiger partial charge in [-0.05, 0) is 19.5 Å². The molecule has 1 N–H and O–H groups in total. The zero-order valence-corrected chi connectivity index (χ0v) is 9.34. The van der Waals surface area contributed by atoms with Crippen molar-refractivity contribution in [1.82, 2.24) is 14.7 Å². The molecule has 1 aromatic heterocycles. The molecule has 0 fully saturated rings. The Labute approximate surface area is 89.3 Å². The third kappa shape index (κ3) is 3.06. The van der Waals surface area contributed by atoms with Gasteiger partial charge in [-0.1, -0.05) is 6.92 Å². The van der Waals surface area contributed by atoms with Crippen molar-refractivity contribution in [3.8, 4) is 0 Å². The Kier molecular flexibility index (Phi) is 3.85. The van der Waals surface area contributed by atoms with Crippen LogP contribution in [0.2, 0.25) is 0 Å². The molecule has 5 nitrogen and oxygen atoms in total. The molecule has 1 unspecified atom stereocenters. The summed E-state index contributed by atoms with van der Waals surface area (Å²) in [6, 6.07) is 1.46. The second-order valence-electron chi connectivity index (χ2n) is 3.66. The van der Waals surface area contributed by atoms with E-state index in [9.17, 15) is 4.79 Å². The molecule has 5 heteroatoms. The molecule has 0 saturated heterocycles. The van der Waals surface area contributed by atoms with Crippen LogP contribution in [0, 0.1) is 0 Å². The van der Waals surface area contributed by atoms with E-state index in [1.807, 2.05) is 26.2 Å². The van der Waals surface area contributed by atoms with Crippen LogP contribution in [0.1, 0.15) is 19.0 Å². The van der Waals surface area contributed by atoms with Crippen molar-refractivity contribution in [2.24, 2.45) is 7.05 Å². The smallest absolute Gasteiger partial charge is 0.320 e. The minimum atomic E-state index is -0.782. The van der Waals surface area contributed by atoms with E-state index in [0.717, 1.165) is 5.69 Å². The Hall–Kier alpha value is -1.36. The van der Waals surface area contributed by atoms with Crippen LogP contribution in [0.5, 0.6) is 0 Å². The Balaban J connectivity index is 2.61. The first-order valence-electron chi connectivity index (χ1n) is 4.96. The van der Waals surface area contributed by atoms with Crippen LogP contribution in [-0.4, -0.2) is 38.8 Å². The summed E-state index contributed by atoms with van der Waals surface area (Å²) in [6.45, 7) is 2.43. The molecule has 0 saturated carbocycles. The van der Waals surface area contributed by atoms with Crippen molar-refractivity contribution in [3.63, 3.8) is 0 Å². The van der Waals surface area contributed by atoms with E-state index in [4.69, 9.17) is 5.11 Å². The number of carboxylic acid groups (broad SMARTS) is 1. The molecule has 1 atom stereocenters. The van der Waals surface area contributed by atoms with Gasteiger partial charge in [0.05, 0.1) is 5.69 Å². The van der Waals surface area contributed by atoms with E-state index >= 15 is 0 Å². The van der Waals surface area contributed by atoms with Gasteiger partial charge in [0.1, 0.15) is 6.04 Å². The van der Waals surface area contributed by atoms with Crippen molar-refractivity contribution in [2.75, 3.05) is 7.05 Å². The van der Waals surface area contributed by atoms with E-state index in [1.165, 1.54) is 0 Å². The maximum Gasteiger partial charge on any atom is 0.320 e. The van der Waals surface area contributed by atoms with E-state index in [-0.39, 0.29) is 0 Å². The van der Waals surface area contributed by atoms with Crippen LogP contribution in [0.25, 0.3) is 0 Å². The minimum Gasteiger partial charge on any atom is -0.480 e. The number of aliphatic carboxylic acids is 1. The average Bonchev–Trinajstić information content (AvgIpc) is 2.51. The molecular weight excluding hydrogens is 194 g/mol. The number of rotatable bonds is 5. The predicted molar refractivity (Wildman–Crippen MR) is 56.4 cm³/mol. The first-order valence-corrected chi connectivity index (χ1v) is 4.96. The van der Waals surface area contributed by atoms with Gasteiger partial charge in [-0.15, -0.1) is 0 Å². The van der Waals surface area contributed by atoms with E-state index < -0.39 is 12.0 Å². The Morgan fingerprint density at radius 3 is 2.80 bits per heavy atom. The lowest BCUT2D eigenvalue weighted by atomic mass is 10.2. The second kappa shape index (κ2) is 4.93. The average molecular weight is 211 g/mol. The number of hydrogen-bond acceptors (Lipinski definition) is 3. The molecule has 15 heavy (non-hydrogen) atoms. The number of carboxylic acids is 1. The molecule has 1 rings (SSSR count). The normalized spacial score (nSPS) is 13.1. The quantitative estimate of drug-likeness (QED) is 0.779. The van der Waals surface area contributed by atoms with Gasteiger partial charge in [-0.25, -0.2) is 0 Å². The predicted octanol–water partition coefficient (Wildman–Crippen LogP) is 0.715. The van der Waals surface area contributed by atoms with Crippen LogP contribution in [-0.2, 0) is 18.4 Å². The van der Waals surface area contributed by atoms with Crippen LogP contribution in [0.15, 0.2) is 12.3 Å². The van der Waals surface area contributed by atoms with E-state index in [2.05, 4.69) is 5.10 Å². The van der Waals surface area contributed by atoms with Gasteiger partial charge >= 0.3 is 5.97 Å². The summed E-state index contributed by atoms with van der Waals surface area (Å²) in [5, 5.41) is 13.2. The third-order valence-corrected chi connectivity index (χ3v) is 2.38. The number of nitrogens with zero attached hydrogens (tertiary/aromatic N) is 3. The fraction of sp³-hybridized carbons (Fsp3) is 0.600. The highest BCUT2D eigenvalue weighted by Gasteiger charge is 2.20.